The van der Waals surface area contributed by atoms with Crippen molar-refractivity contribution in [3.8, 4) is 0 Å². The van der Waals surface area contributed by atoms with Crippen LogP contribution in [0, 0.1) is 0 Å². The normalized spacial score (nSPS) is 13.8. The quantitative estimate of drug-likeness (QED) is 0.883. The molecule has 16 heavy (non-hydrogen) atoms. The lowest BCUT2D eigenvalue weighted by Gasteiger charge is -2.12. The lowest BCUT2D eigenvalue weighted by molar-refractivity contribution is 0.265. The summed E-state index contributed by atoms with van der Waals surface area (Å²) in [6.07, 6.45) is 0. The first-order chi connectivity index (χ1) is 7.36. The number of hydrogen-bond donors (Lipinski definition) is 2. The molecule has 1 rings (SSSR count). The molecule has 0 saturated carbocycles. The minimum absolute atomic E-state index is 0.0852. The maximum absolute atomic E-state index is 11.8. The van der Waals surface area contributed by atoms with Crippen LogP contribution in [0.25, 0.3) is 0 Å². The fourth-order valence-electron chi connectivity index (χ4n) is 1.05. The van der Waals surface area contributed by atoms with Gasteiger partial charge in [-0.1, -0.05) is 23.2 Å². The van der Waals surface area contributed by atoms with Crippen molar-refractivity contribution in [1.29, 1.82) is 0 Å². The second-order valence-electron chi connectivity index (χ2n) is 3.28. The van der Waals surface area contributed by atoms with Gasteiger partial charge < -0.3 is 5.11 Å². The first kappa shape index (κ1) is 13.7. The van der Waals surface area contributed by atoms with Crippen molar-refractivity contribution in [3.05, 3.63) is 28.2 Å². The van der Waals surface area contributed by atoms with Crippen molar-refractivity contribution < 1.29 is 13.5 Å². The largest absolute Gasteiger partial charge is 0.395 e. The summed E-state index contributed by atoms with van der Waals surface area (Å²) < 4.78 is 25.9. The Morgan fingerprint density at radius 1 is 1.44 bits per heavy atom. The number of hydrogen-bond acceptors (Lipinski definition) is 3. The maximum atomic E-state index is 11.8. The highest BCUT2D eigenvalue weighted by Gasteiger charge is 2.20. The molecule has 1 atom stereocenters. The highest BCUT2D eigenvalue weighted by atomic mass is 35.5. The molecule has 0 aromatic heterocycles. The van der Waals surface area contributed by atoms with Crippen molar-refractivity contribution >= 4 is 33.2 Å². The van der Waals surface area contributed by atoms with Gasteiger partial charge in [-0.2, -0.15) is 0 Å². The van der Waals surface area contributed by atoms with E-state index in [0.29, 0.717) is 0 Å². The topological polar surface area (TPSA) is 66.4 Å². The third kappa shape index (κ3) is 3.33. The Bertz CT molecular complexity index is 476. The second-order valence-corrected chi connectivity index (χ2v) is 5.81. The number of nitrogens with one attached hydrogen (secondary N) is 1. The number of sulfonamides is 1. The Balaban J connectivity index is 3.12. The van der Waals surface area contributed by atoms with Crippen molar-refractivity contribution in [2.45, 2.75) is 17.9 Å². The molecule has 0 heterocycles. The Morgan fingerprint density at radius 2 is 2.06 bits per heavy atom. The van der Waals surface area contributed by atoms with Crippen LogP contribution in [-0.2, 0) is 10.0 Å². The third-order valence-corrected chi connectivity index (χ3v) is 4.12. The minimum atomic E-state index is -3.75. The molecule has 0 aliphatic heterocycles. The van der Waals surface area contributed by atoms with Gasteiger partial charge in [-0.05, 0) is 25.1 Å². The number of halogens is 2. The maximum Gasteiger partial charge on any atom is 0.242 e. The van der Waals surface area contributed by atoms with Gasteiger partial charge in [-0.25, -0.2) is 13.1 Å². The monoisotopic (exact) mass is 283 g/mol. The third-order valence-electron chi connectivity index (χ3n) is 1.81. The van der Waals surface area contributed by atoms with Gasteiger partial charge in [0.05, 0.1) is 11.6 Å². The van der Waals surface area contributed by atoms with Crippen LogP contribution in [-0.4, -0.2) is 26.2 Å². The summed E-state index contributed by atoms with van der Waals surface area (Å²) in [7, 11) is -3.75. The van der Waals surface area contributed by atoms with Gasteiger partial charge in [0.25, 0.3) is 0 Å². The summed E-state index contributed by atoms with van der Waals surface area (Å²) in [5, 5.41) is 9.15. The Labute approximate surface area is 104 Å². The van der Waals surface area contributed by atoms with Crippen molar-refractivity contribution in [1.82, 2.24) is 4.72 Å². The van der Waals surface area contributed by atoms with Crippen LogP contribution in [0.1, 0.15) is 6.92 Å². The Morgan fingerprint density at radius 3 is 2.62 bits per heavy atom. The average Bonchev–Trinajstić information content (AvgIpc) is 2.20. The average molecular weight is 284 g/mol. The zero-order chi connectivity index (χ0) is 12.3. The van der Waals surface area contributed by atoms with Gasteiger partial charge in [0, 0.05) is 11.1 Å². The lowest BCUT2D eigenvalue weighted by atomic mass is 10.4. The molecule has 0 saturated heterocycles. The van der Waals surface area contributed by atoms with E-state index < -0.39 is 16.1 Å². The number of aliphatic hydroxyl groups excluding tert-OH is 1. The number of aliphatic hydroxyl groups is 1. The molecule has 0 aliphatic carbocycles. The standard InChI is InChI=1S/C9H11Cl2NO3S/c1-6(5-13)12-16(14,15)9-4-7(10)2-3-8(9)11/h2-4,6,12-13H,5H2,1H3/t6-/m1/s1. The molecular formula is C9H11Cl2NO3S. The number of rotatable bonds is 4. The van der Waals surface area contributed by atoms with E-state index in [1.807, 2.05) is 0 Å². The SMILES string of the molecule is C[C@H](CO)NS(=O)(=O)c1cc(Cl)ccc1Cl. The molecule has 0 aliphatic rings. The molecule has 0 bridgehead atoms. The molecule has 1 aromatic carbocycles. The van der Waals surface area contributed by atoms with Gasteiger partial charge in [-0.15, -0.1) is 0 Å². The van der Waals surface area contributed by atoms with Crippen LogP contribution < -0.4 is 4.72 Å². The van der Waals surface area contributed by atoms with Crippen LogP contribution in [0.15, 0.2) is 23.1 Å². The Hall–Kier alpha value is -0.330. The molecule has 0 spiro atoms. The van der Waals surface area contributed by atoms with Crippen LogP contribution >= 0.6 is 23.2 Å². The van der Waals surface area contributed by atoms with Crippen LogP contribution in [0.2, 0.25) is 10.0 Å². The molecule has 0 fully saturated rings. The van der Waals surface area contributed by atoms with E-state index in [2.05, 4.69) is 4.72 Å². The first-order valence-corrected chi connectivity index (χ1v) is 6.69. The lowest BCUT2D eigenvalue weighted by Crippen LogP contribution is -2.35. The van der Waals surface area contributed by atoms with Gasteiger partial charge in [0.15, 0.2) is 0 Å². The van der Waals surface area contributed by atoms with Crippen LogP contribution in [0.3, 0.4) is 0 Å². The van der Waals surface area contributed by atoms with E-state index in [1.165, 1.54) is 25.1 Å². The zero-order valence-corrected chi connectivity index (χ0v) is 10.8. The molecule has 90 valence electrons. The van der Waals surface area contributed by atoms with E-state index in [-0.39, 0.29) is 21.5 Å². The van der Waals surface area contributed by atoms with Gasteiger partial charge >= 0.3 is 0 Å². The summed E-state index contributed by atoms with van der Waals surface area (Å²) in [5.41, 5.74) is 0. The molecule has 0 amide bonds. The molecule has 2 N–H and O–H groups in total. The number of benzene rings is 1. The van der Waals surface area contributed by atoms with E-state index in [0.717, 1.165) is 0 Å². The molecule has 0 unspecified atom stereocenters. The van der Waals surface area contributed by atoms with Crippen molar-refractivity contribution in [3.63, 3.8) is 0 Å². The first-order valence-electron chi connectivity index (χ1n) is 4.45. The second kappa shape index (κ2) is 5.33. The van der Waals surface area contributed by atoms with E-state index in [4.69, 9.17) is 28.3 Å². The fraction of sp³-hybridized carbons (Fsp3) is 0.333. The van der Waals surface area contributed by atoms with Gasteiger partial charge in [0.1, 0.15) is 4.90 Å². The Kier molecular flexibility index (Phi) is 4.58. The minimum Gasteiger partial charge on any atom is -0.395 e. The fourth-order valence-corrected chi connectivity index (χ4v) is 3.05. The van der Waals surface area contributed by atoms with Crippen LogP contribution in [0.5, 0.6) is 0 Å². The zero-order valence-electron chi connectivity index (χ0n) is 8.44. The van der Waals surface area contributed by atoms with E-state index in [1.54, 1.807) is 0 Å². The molecule has 0 radical (unpaired) electrons. The molecule has 1 aromatic rings. The van der Waals surface area contributed by atoms with E-state index in [9.17, 15) is 8.42 Å². The molecule has 7 heteroatoms. The smallest absolute Gasteiger partial charge is 0.242 e. The molecular weight excluding hydrogens is 273 g/mol. The highest BCUT2D eigenvalue weighted by Crippen LogP contribution is 2.24. The van der Waals surface area contributed by atoms with Crippen LogP contribution in [0.4, 0.5) is 0 Å². The highest BCUT2D eigenvalue weighted by molar-refractivity contribution is 7.89. The predicted octanol–water partition coefficient (Wildman–Crippen LogP) is 1.65. The van der Waals surface area contributed by atoms with Crippen molar-refractivity contribution in [2.75, 3.05) is 6.61 Å². The predicted molar refractivity (Wildman–Crippen MR) is 63.3 cm³/mol. The summed E-state index contributed by atoms with van der Waals surface area (Å²) in [6.45, 7) is 1.24. The summed E-state index contributed by atoms with van der Waals surface area (Å²) >= 11 is 11.5. The summed E-state index contributed by atoms with van der Waals surface area (Å²) in [5.74, 6) is 0. The summed E-state index contributed by atoms with van der Waals surface area (Å²) in [6, 6.07) is 3.58. The van der Waals surface area contributed by atoms with Gasteiger partial charge in [0.2, 0.25) is 10.0 Å². The summed E-state index contributed by atoms with van der Waals surface area (Å²) in [4.78, 5) is -0.0954. The van der Waals surface area contributed by atoms with Crippen molar-refractivity contribution in [2.24, 2.45) is 0 Å². The molecule has 4 nitrogen and oxygen atoms in total. The van der Waals surface area contributed by atoms with E-state index >= 15 is 0 Å². The van der Waals surface area contributed by atoms with Gasteiger partial charge in [-0.3, -0.25) is 0 Å².